The van der Waals surface area contributed by atoms with Gasteiger partial charge in [-0.05, 0) is 29.8 Å². The van der Waals surface area contributed by atoms with Crippen LogP contribution in [0.2, 0.25) is 5.02 Å². The Morgan fingerprint density at radius 3 is 2.43 bits per heavy atom. The Labute approximate surface area is 140 Å². The maximum Gasteiger partial charge on any atom is 0.239 e. The molecule has 0 spiro atoms. The fraction of sp³-hybridized carbons (Fsp3) is 0.188. The number of hydrogen-bond donors (Lipinski definition) is 1. The summed E-state index contributed by atoms with van der Waals surface area (Å²) in [6.07, 6.45) is 0. The first kappa shape index (κ1) is 17.3. The smallest absolute Gasteiger partial charge is 0.239 e. The van der Waals surface area contributed by atoms with Gasteiger partial charge in [-0.3, -0.25) is 4.79 Å². The third kappa shape index (κ3) is 5.26. The molecule has 1 N–H and O–H groups in total. The van der Waals surface area contributed by atoms with Gasteiger partial charge in [-0.15, -0.1) is 0 Å². The average Bonchev–Trinajstić information content (AvgIpc) is 2.49. The van der Waals surface area contributed by atoms with Gasteiger partial charge >= 0.3 is 0 Å². The number of hydrogen-bond acceptors (Lipinski definition) is 4. The zero-order chi connectivity index (χ0) is 16.9. The topological polar surface area (TPSA) is 72.5 Å². The van der Waals surface area contributed by atoms with Crippen LogP contribution < -0.4 is 10.1 Å². The van der Waals surface area contributed by atoms with E-state index in [-0.39, 0.29) is 5.75 Å². The van der Waals surface area contributed by atoms with E-state index in [4.69, 9.17) is 16.3 Å². The third-order valence-electron chi connectivity index (χ3n) is 3.03. The molecule has 2 aromatic carbocycles. The van der Waals surface area contributed by atoms with Gasteiger partial charge in [-0.25, -0.2) is 8.42 Å². The highest BCUT2D eigenvalue weighted by Crippen LogP contribution is 2.23. The molecule has 23 heavy (non-hydrogen) atoms. The molecule has 0 atom stereocenters. The van der Waals surface area contributed by atoms with Crippen LogP contribution in [0.3, 0.4) is 0 Å². The molecule has 2 aromatic rings. The largest absolute Gasteiger partial charge is 0.495 e. The molecular formula is C16H16ClNO4S. The van der Waals surface area contributed by atoms with Crippen molar-refractivity contribution in [1.29, 1.82) is 0 Å². The number of anilines is 1. The molecule has 0 aliphatic rings. The molecule has 0 bridgehead atoms. The molecule has 0 heterocycles. The van der Waals surface area contributed by atoms with Crippen molar-refractivity contribution >= 4 is 33.0 Å². The summed E-state index contributed by atoms with van der Waals surface area (Å²) in [6.45, 7) is 0. The van der Waals surface area contributed by atoms with E-state index < -0.39 is 21.5 Å². The molecule has 0 radical (unpaired) electrons. The number of nitrogens with one attached hydrogen (secondary N) is 1. The van der Waals surface area contributed by atoms with E-state index in [1.165, 1.54) is 7.11 Å². The molecule has 0 aliphatic carbocycles. The molecule has 0 saturated heterocycles. The fourth-order valence-electron chi connectivity index (χ4n) is 2.02. The van der Waals surface area contributed by atoms with Crippen LogP contribution in [-0.2, 0) is 20.4 Å². The monoisotopic (exact) mass is 353 g/mol. The standard InChI is InChI=1S/C16H16ClNO4S/c1-22-15-5-3-2-4-14(15)18-16(19)11-23(20,21)10-12-6-8-13(17)9-7-12/h2-9H,10-11H2,1H3,(H,18,19). The van der Waals surface area contributed by atoms with Crippen LogP contribution in [0.25, 0.3) is 0 Å². The van der Waals surface area contributed by atoms with Crippen molar-refractivity contribution in [2.45, 2.75) is 5.75 Å². The number of ether oxygens (including phenoxy) is 1. The molecule has 0 fully saturated rings. The van der Waals surface area contributed by atoms with Gasteiger partial charge in [0, 0.05) is 5.02 Å². The van der Waals surface area contributed by atoms with Crippen LogP contribution in [0.4, 0.5) is 5.69 Å². The molecule has 0 saturated carbocycles. The summed E-state index contributed by atoms with van der Waals surface area (Å²) in [4.78, 5) is 12.0. The molecule has 122 valence electrons. The van der Waals surface area contributed by atoms with Crippen molar-refractivity contribution in [3.05, 3.63) is 59.1 Å². The van der Waals surface area contributed by atoms with Crippen molar-refractivity contribution in [3.8, 4) is 5.75 Å². The van der Waals surface area contributed by atoms with Crippen LogP contribution >= 0.6 is 11.6 Å². The molecular weight excluding hydrogens is 338 g/mol. The lowest BCUT2D eigenvalue weighted by Crippen LogP contribution is -2.24. The lowest BCUT2D eigenvalue weighted by atomic mass is 10.2. The SMILES string of the molecule is COc1ccccc1NC(=O)CS(=O)(=O)Cc1ccc(Cl)cc1. The maximum absolute atomic E-state index is 12.1. The second-order valence-corrected chi connectivity index (χ2v) is 7.41. The number of para-hydroxylation sites is 2. The summed E-state index contributed by atoms with van der Waals surface area (Å²) < 4.78 is 29.3. The number of carbonyl (C=O) groups excluding carboxylic acids is 1. The molecule has 2 rings (SSSR count). The number of sulfone groups is 1. The summed E-state index contributed by atoms with van der Waals surface area (Å²) >= 11 is 5.76. The van der Waals surface area contributed by atoms with Crippen molar-refractivity contribution in [3.63, 3.8) is 0 Å². The molecule has 7 heteroatoms. The highest BCUT2D eigenvalue weighted by molar-refractivity contribution is 7.91. The van der Waals surface area contributed by atoms with Crippen molar-refractivity contribution in [2.75, 3.05) is 18.2 Å². The Kier molecular flexibility index (Phi) is 5.63. The molecule has 0 aromatic heterocycles. The average molecular weight is 354 g/mol. The summed E-state index contributed by atoms with van der Waals surface area (Å²) in [6, 6.07) is 13.3. The summed E-state index contributed by atoms with van der Waals surface area (Å²) in [5, 5.41) is 3.08. The maximum atomic E-state index is 12.1. The van der Waals surface area contributed by atoms with Gasteiger partial charge in [-0.2, -0.15) is 0 Å². The third-order valence-corrected chi connectivity index (χ3v) is 4.76. The number of methoxy groups -OCH3 is 1. The van der Waals surface area contributed by atoms with Gasteiger partial charge in [-0.1, -0.05) is 35.9 Å². The molecule has 0 aliphatic heterocycles. The zero-order valence-electron chi connectivity index (χ0n) is 12.5. The number of carbonyl (C=O) groups is 1. The Hall–Kier alpha value is -2.05. The number of rotatable bonds is 6. The highest BCUT2D eigenvalue weighted by Gasteiger charge is 2.18. The lowest BCUT2D eigenvalue weighted by molar-refractivity contribution is -0.113. The minimum atomic E-state index is -3.58. The Bertz CT molecular complexity index is 788. The number of benzene rings is 2. The minimum Gasteiger partial charge on any atom is -0.495 e. The van der Waals surface area contributed by atoms with Gasteiger partial charge < -0.3 is 10.1 Å². The molecule has 1 amide bonds. The van der Waals surface area contributed by atoms with Crippen molar-refractivity contribution in [2.24, 2.45) is 0 Å². The minimum absolute atomic E-state index is 0.219. The van der Waals surface area contributed by atoms with Gasteiger partial charge in [0.1, 0.15) is 11.5 Å². The Morgan fingerprint density at radius 1 is 1.13 bits per heavy atom. The lowest BCUT2D eigenvalue weighted by Gasteiger charge is -2.10. The van der Waals surface area contributed by atoms with E-state index in [1.54, 1.807) is 48.5 Å². The highest BCUT2D eigenvalue weighted by atomic mass is 35.5. The Balaban J connectivity index is 2.02. The van der Waals surface area contributed by atoms with Crippen molar-refractivity contribution in [1.82, 2.24) is 0 Å². The molecule has 0 unspecified atom stereocenters. The van der Waals surface area contributed by atoms with E-state index >= 15 is 0 Å². The predicted molar refractivity (Wildman–Crippen MR) is 90.6 cm³/mol. The van der Waals surface area contributed by atoms with Gasteiger partial charge in [0.05, 0.1) is 18.6 Å². The van der Waals surface area contributed by atoms with Crippen LogP contribution in [0.15, 0.2) is 48.5 Å². The van der Waals surface area contributed by atoms with E-state index in [0.29, 0.717) is 22.0 Å². The Morgan fingerprint density at radius 2 is 1.78 bits per heavy atom. The first-order valence-corrected chi connectivity index (χ1v) is 8.97. The van der Waals surface area contributed by atoms with Gasteiger partial charge in [0.25, 0.3) is 0 Å². The van der Waals surface area contributed by atoms with E-state index in [2.05, 4.69) is 5.32 Å². The zero-order valence-corrected chi connectivity index (χ0v) is 14.0. The van der Waals surface area contributed by atoms with E-state index in [0.717, 1.165) is 0 Å². The van der Waals surface area contributed by atoms with Gasteiger partial charge in [0.2, 0.25) is 5.91 Å². The fourth-order valence-corrected chi connectivity index (χ4v) is 3.42. The first-order chi connectivity index (χ1) is 10.9. The van der Waals surface area contributed by atoms with Crippen LogP contribution in [0, 0.1) is 0 Å². The van der Waals surface area contributed by atoms with Crippen LogP contribution in [-0.4, -0.2) is 27.2 Å². The van der Waals surface area contributed by atoms with Crippen LogP contribution in [0.5, 0.6) is 5.75 Å². The van der Waals surface area contributed by atoms with E-state index in [1.807, 2.05) is 0 Å². The molecule has 5 nitrogen and oxygen atoms in total. The normalized spacial score (nSPS) is 11.0. The second-order valence-electron chi connectivity index (χ2n) is 4.91. The van der Waals surface area contributed by atoms with Gasteiger partial charge in [0.15, 0.2) is 9.84 Å². The summed E-state index contributed by atoms with van der Waals surface area (Å²) in [7, 11) is -2.11. The first-order valence-electron chi connectivity index (χ1n) is 6.77. The van der Waals surface area contributed by atoms with Crippen molar-refractivity contribution < 1.29 is 17.9 Å². The summed E-state index contributed by atoms with van der Waals surface area (Å²) in [5.74, 6) is -0.962. The quantitative estimate of drug-likeness (QED) is 0.866. The number of halogens is 1. The predicted octanol–water partition coefficient (Wildman–Crippen LogP) is 2.90. The summed E-state index contributed by atoms with van der Waals surface area (Å²) in [5.41, 5.74) is 1.01. The van der Waals surface area contributed by atoms with E-state index in [9.17, 15) is 13.2 Å². The van der Waals surface area contributed by atoms with Crippen LogP contribution in [0.1, 0.15) is 5.56 Å². The second kappa shape index (κ2) is 7.48. The number of amides is 1.